The first-order valence-corrected chi connectivity index (χ1v) is 22.5. The van der Waals surface area contributed by atoms with Crippen LogP contribution in [0.3, 0.4) is 0 Å². The summed E-state index contributed by atoms with van der Waals surface area (Å²) in [7, 11) is 5.40. The molecule has 0 aromatic heterocycles. The number of carbonyl (C=O) groups is 3. The minimum Gasteiger partial charge on any atom is -0.544 e. The fraction of sp³-hybridized carbons (Fsp3) is 0.809. The van der Waals surface area contributed by atoms with E-state index in [-0.39, 0.29) is 42.7 Å². The zero-order chi connectivity index (χ0) is 40.7. The van der Waals surface area contributed by atoms with Gasteiger partial charge in [-0.2, -0.15) is 0 Å². The number of carboxylic acids is 1. The van der Waals surface area contributed by atoms with E-state index in [4.69, 9.17) is 14.2 Å². The van der Waals surface area contributed by atoms with E-state index in [1.807, 2.05) is 0 Å². The molecule has 0 spiro atoms. The molecule has 320 valence electrons. The molecule has 0 bridgehead atoms. The third-order valence-corrected chi connectivity index (χ3v) is 10.00. The highest BCUT2D eigenvalue weighted by Gasteiger charge is 2.25. The second-order valence-corrected chi connectivity index (χ2v) is 16.3. The molecule has 8 heteroatoms. The Kier molecular flexibility index (Phi) is 36.7. The number of aliphatic carboxylic acids is 1. The minimum absolute atomic E-state index is 0.0333. The van der Waals surface area contributed by atoms with E-state index in [9.17, 15) is 19.5 Å². The van der Waals surface area contributed by atoms with Gasteiger partial charge >= 0.3 is 11.9 Å². The Bertz CT molecular complexity index is 1000. The minimum atomic E-state index is -1.13. The van der Waals surface area contributed by atoms with Gasteiger partial charge in [0.1, 0.15) is 12.6 Å². The molecule has 0 heterocycles. The lowest BCUT2D eigenvalue weighted by Gasteiger charge is -2.34. The van der Waals surface area contributed by atoms with Gasteiger partial charge in [0.2, 0.25) is 0 Å². The fourth-order valence-corrected chi connectivity index (χ4v) is 6.45. The van der Waals surface area contributed by atoms with Crippen molar-refractivity contribution in [2.24, 2.45) is 0 Å². The molecule has 0 saturated heterocycles. The van der Waals surface area contributed by atoms with Crippen LogP contribution in [0.1, 0.15) is 194 Å². The number of allylic oxidation sites excluding steroid dienone is 6. The van der Waals surface area contributed by atoms with Crippen molar-refractivity contribution in [3.63, 3.8) is 0 Å². The summed E-state index contributed by atoms with van der Waals surface area (Å²) in [5, 5.41) is 11.6. The number of ether oxygens (including phenoxy) is 3. The van der Waals surface area contributed by atoms with Crippen LogP contribution >= 0.6 is 0 Å². The van der Waals surface area contributed by atoms with Crippen molar-refractivity contribution in [1.29, 1.82) is 0 Å². The second kappa shape index (κ2) is 38.4. The lowest BCUT2D eigenvalue weighted by molar-refractivity contribution is -0.889. The first kappa shape index (κ1) is 52.6. The molecule has 0 amide bonds. The highest BCUT2D eigenvalue weighted by atomic mass is 16.6. The Hall–Kier alpha value is -2.45. The van der Waals surface area contributed by atoms with E-state index in [0.717, 1.165) is 77.0 Å². The molecule has 0 aromatic carbocycles. The van der Waals surface area contributed by atoms with E-state index in [2.05, 4.69) is 50.3 Å². The van der Waals surface area contributed by atoms with Gasteiger partial charge in [0.25, 0.3) is 0 Å². The van der Waals surface area contributed by atoms with Crippen LogP contribution in [-0.2, 0) is 28.6 Å². The lowest BCUT2D eigenvalue weighted by Crippen LogP contribution is -2.55. The second-order valence-electron chi connectivity index (χ2n) is 16.3. The number of esters is 2. The number of carbonyl (C=O) groups excluding carboxylic acids is 3. The van der Waals surface area contributed by atoms with Gasteiger partial charge in [-0.25, -0.2) is 0 Å². The van der Waals surface area contributed by atoms with Crippen LogP contribution in [0.15, 0.2) is 36.5 Å². The lowest BCUT2D eigenvalue weighted by atomic mass is 10.1. The Labute approximate surface area is 338 Å². The maximum absolute atomic E-state index is 12.7. The summed E-state index contributed by atoms with van der Waals surface area (Å²) >= 11 is 0. The number of carboxylic acid groups (broad SMARTS) is 1. The van der Waals surface area contributed by atoms with Crippen LogP contribution in [0.25, 0.3) is 0 Å². The average molecular weight is 776 g/mol. The molecular weight excluding hydrogens is 691 g/mol. The Morgan fingerprint density at radius 2 is 0.964 bits per heavy atom. The Balaban J connectivity index is 4.37. The Morgan fingerprint density at radius 3 is 1.44 bits per heavy atom. The normalized spacial score (nSPS) is 13.3. The monoisotopic (exact) mass is 776 g/mol. The number of rotatable bonds is 40. The molecular formula is C47H85NO7. The van der Waals surface area contributed by atoms with E-state index in [1.54, 1.807) is 21.1 Å². The predicted octanol–water partition coefficient (Wildman–Crippen LogP) is 10.9. The topological polar surface area (TPSA) is 102 Å². The first-order chi connectivity index (χ1) is 26.6. The maximum atomic E-state index is 12.7. The van der Waals surface area contributed by atoms with Gasteiger partial charge in [-0.15, -0.1) is 0 Å². The van der Waals surface area contributed by atoms with Gasteiger partial charge in [0.15, 0.2) is 6.10 Å². The number of likely N-dealkylation sites (N-methyl/N-ethyl adjacent to an activating group) is 1. The van der Waals surface area contributed by atoms with Crippen molar-refractivity contribution < 1.29 is 38.2 Å². The van der Waals surface area contributed by atoms with E-state index in [1.165, 1.54) is 83.5 Å². The van der Waals surface area contributed by atoms with Crippen LogP contribution in [0, 0.1) is 0 Å². The molecule has 0 aliphatic rings. The molecule has 2 atom stereocenters. The number of hydrogen-bond donors (Lipinski definition) is 0. The van der Waals surface area contributed by atoms with Crippen LogP contribution < -0.4 is 5.11 Å². The molecule has 2 unspecified atom stereocenters. The smallest absolute Gasteiger partial charge is 0.306 e. The molecule has 55 heavy (non-hydrogen) atoms. The largest absolute Gasteiger partial charge is 0.544 e. The van der Waals surface area contributed by atoms with Gasteiger partial charge < -0.3 is 28.6 Å². The van der Waals surface area contributed by atoms with Gasteiger partial charge in [-0.1, -0.05) is 140 Å². The summed E-state index contributed by atoms with van der Waals surface area (Å²) in [6.07, 6.45) is 43.0. The van der Waals surface area contributed by atoms with Crippen molar-refractivity contribution in [1.82, 2.24) is 0 Å². The standard InChI is InChI=1S/C47H85NO7/c1-6-8-10-12-14-16-18-20-22-24-26-28-30-32-34-36-38-46(50)55-43(41-53-40-39-44(47(51)52)48(3,4)5)42-54-45(49)37-35-33-31-29-27-25-23-21-19-17-15-13-11-9-7-2/h16,18,21-24,43-44H,6-15,17,19-20,25-42H2,1-5H3/b18-16-,23-21-,24-22-. The van der Waals surface area contributed by atoms with Gasteiger partial charge in [0.05, 0.1) is 40.3 Å². The van der Waals surface area contributed by atoms with Crippen LogP contribution in [-0.4, -0.2) is 75.5 Å². The van der Waals surface area contributed by atoms with E-state index in [0.29, 0.717) is 12.8 Å². The molecule has 8 nitrogen and oxygen atoms in total. The first-order valence-electron chi connectivity index (χ1n) is 22.5. The number of nitrogens with zero attached hydrogens (tertiary/aromatic N) is 1. The SMILES string of the molecule is CCCCCC/C=C\C/C=C\CCCCCCCC(=O)OC(COCCC(C(=O)[O-])[N+](C)(C)C)COC(=O)CCCCCCC/C=C\CCCCCCCC. The van der Waals surface area contributed by atoms with Crippen molar-refractivity contribution in [3.05, 3.63) is 36.5 Å². The molecule has 0 fully saturated rings. The average Bonchev–Trinajstić information content (AvgIpc) is 3.14. The summed E-state index contributed by atoms with van der Waals surface area (Å²) in [5.41, 5.74) is 0. The number of hydrogen-bond acceptors (Lipinski definition) is 7. The summed E-state index contributed by atoms with van der Waals surface area (Å²) in [5.74, 6) is -1.76. The molecule has 0 aromatic rings. The maximum Gasteiger partial charge on any atom is 0.306 e. The highest BCUT2D eigenvalue weighted by molar-refractivity contribution is 5.70. The molecule has 0 rings (SSSR count). The summed E-state index contributed by atoms with van der Waals surface area (Å²) in [6, 6.07) is -0.728. The van der Waals surface area contributed by atoms with Crippen molar-refractivity contribution >= 4 is 17.9 Å². The summed E-state index contributed by atoms with van der Waals surface area (Å²) in [4.78, 5) is 36.8. The van der Waals surface area contributed by atoms with Gasteiger partial charge in [-0.3, -0.25) is 9.59 Å². The molecule has 0 aliphatic heterocycles. The van der Waals surface area contributed by atoms with Crippen LogP contribution in [0.4, 0.5) is 0 Å². The van der Waals surface area contributed by atoms with Crippen LogP contribution in [0.2, 0.25) is 0 Å². The molecule has 0 saturated carbocycles. The third kappa shape index (κ3) is 36.9. The summed E-state index contributed by atoms with van der Waals surface area (Å²) in [6.45, 7) is 4.62. The molecule has 0 aliphatic carbocycles. The Morgan fingerprint density at radius 1 is 0.545 bits per heavy atom. The van der Waals surface area contributed by atoms with E-state index >= 15 is 0 Å². The van der Waals surface area contributed by atoms with Crippen molar-refractivity contribution in [3.8, 4) is 0 Å². The molecule has 0 N–H and O–H groups in total. The zero-order valence-electron chi connectivity index (χ0n) is 36.3. The van der Waals surface area contributed by atoms with Gasteiger partial charge in [0, 0.05) is 19.3 Å². The predicted molar refractivity (Wildman–Crippen MR) is 227 cm³/mol. The number of unbranched alkanes of at least 4 members (excludes halogenated alkanes) is 20. The third-order valence-electron chi connectivity index (χ3n) is 10.00. The van der Waals surface area contributed by atoms with Gasteiger partial charge in [-0.05, 0) is 70.6 Å². The highest BCUT2D eigenvalue weighted by Crippen LogP contribution is 2.13. The van der Waals surface area contributed by atoms with Crippen molar-refractivity contribution in [2.75, 3.05) is 41.0 Å². The van der Waals surface area contributed by atoms with Crippen LogP contribution in [0.5, 0.6) is 0 Å². The molecule has 0 radical (unpaired) electrons. The van der Waals surface area contributed by atoms with Crippen molar-refractivity contribution in [2.45, 2.75) is 206 Å². The number of quaternary nitrogens is 1. The summed E-state index contributed by atoms with van der Waals surface area (Å²) < 4.78 is 17.2. The quantitative estimate of drug-likeness (QED) is 0.0264. The fourth-order valence-electron chi connectivity index (χ4n) is 6.45. The zero-order valence-corrected chi connectivity index (χ0v) is 36.3. The van der Waals surface area contributed by atoms with E-state index < -0.39 is 18.1 Å².